The van der Waals surface area contributed by atoms with Gasteiger partial charge in [0.15, 0.2) is 0 Å². The molecule has 4 rings (SSSR count). The zero-order chi connectivity index (χ0) is 17.4. The molecule has 1 heterocycles. The van der Waals surface area contributed by atoms with E-state index in [2.05, 4.69) is 12.1 Å². The number of hydrogen-bond donors (Lipinski definition) is 0. The van der Waals surface area contributed by atoms with Crippen LogP contribution in [0.4, 0.5) is 5.69 Å². The van der Waals surface area contributed by atoms with Crippen LogP contribution < -0.4 is 9.64 Å². The molecule has 0 bridgehead atoms. The van der Waals surface area contributed by atoms with Crippen LogP contribution in [0.25, 0.3) is 0 Å². The van der Waals surface area contributed by atoms with E-state index in [0.29, 0.717) is 17.4 Å². The van der Waals surface area contributed by atoms with Gasteiger partial charge in [0.1, 0.15) is 5.75 Å². The maximum absolute atomic E-state index is 13.0. The molecule has 0 aromatic heterocycles. The molecule has 2 amide bonds. The molecule has 1 aliphatic heterocycles. The van der Waals surface area contributed by atoms with E-state index >= 15 is 0 Å². The average Bonchev–Trinajstić information content (AvgIpc) is 2.92. The van der Waals surface area contributed by atoms with Crippen molar-refractivity contribution in [1.29, 1.82) is 0 Å². The van der Waals surface area contributed by atoms with Crippen LogP contribution in [0.3, 0.4) is 0 Å². The molecule has 4 nitrogen and oxygen atoms in total. The minimum Gasteiger partial charge on any atom is -0.495 e. The maximum atomic E-state index is 13.0. The lowest BCUT2D eigenvalue weighted by Crippen LogP contribution is -2.31. The van der Waals surface area contributed by atoms with E-state index in [4.69, 9.17) is 4.74 Å². The van der Waals surface area contributed by atoms with Crippen LogP contribution in [0.1, 0.15) is 30.7 Å². The highest BCUT2D eigenvalue weighted by Crippen LogP contribution is 2.46. The first kappa shape index (κ1) is 15.9. The van der Waals surface area contributed by atoms with Crippen LogP contribution in [0.2, 0.25) is 0 Å². The number of amides is 2. The van der Waals surface area contributed by atoms with Crippen molar-refractivity contribution in [3.8, 4) is 5.75 Å². The van der Waals surface area contributed by atoms with Gasteiger partial charge in [0.2, 0.25) is 11.8 Å². The lowest BCUT2D eigenvalue weighted by molar-refractivity contribution is -0.122. The standard InChI is InChI=1S/C21H21NO3/c1-25-19-10-6-5-9-18(19)22-20(23)16-12-11-15(13-17(16)21(22)24)14-7-3-2-4-8-14/h2-10,15-17H,11-13H2,1H3/t15-,16+,17+/m0/s1. The Balaban J connectivity index is 1.63. The number of nitrogens with zero attached hydrogens (tertiary/aromatic N) is 1. The first-order valence-electron chi connectivity index (χ1n) is 8.76. The summed E-state index contributed by atoms with van der Waals surface area (Å²) < 4.78 is 5.35. The van der Waals surface area contributed by atoms with Crippen LogP contribution in [-0.4, -0.2) is 18.9 Å². The van der Waals surface area contributed by atoms with Gasteiger partial charge in [-0.25, -0.2) is 4.90 Å². The third-order valence-corrected chi connectivity index (χ3v) is 5.52. The van der Waals surface area contributed by atoms with Crippen molar-refractivity contribution in [3.63, 3.8) is 0 Å². The first-order valence-corrected chi connectivity index (χ1v) is 8.76. The summed E-state index contributed by atoms with van der Waals surface area (Å²) in [5.41, 5.74) is 1.82. The van der Waals surface area contributed by atoms with E-state index in [0.717, 1.165) is 19.3 Å². The second kappa shape index (κ2) is 6.36. The summed E-state index contributed by atoms with van der Waals surface area (Å²) in [4.78, 5) is 27.3. The Morgan fingerprint density at radius 2 is 1.56 bits per heavy atom. The van der Waals surface area contributed by atoms with Gasteiger partial charge in [-0.3, -0.25) is 9.59 Å². The van der Waals surface area contributed by atoms with E-state index < -0.39 is 0 Å². The summed E-state index contributed by atoms with van der Waals surface area (Å²) in [6.07, 6.45) is 2.45. The number of hydrogen-bond acceptors (Lipinski definition) is 3. The normalized spacial score (nSPS) is 25.8. The fourth-order valence-corrected chi connectivity index (χ4v) is 4.26. The van der Waals surface area contributed by atoms with Gasteiger partial charge in [0, 0.05) is 0 Å². The number of imide groups is 1. The molecular formula is C21H21NO3. The topological polar surface area (TPSA) is 46.6 Å². The number of carbonyl (C=O) groups is 2. The lowest BCUT2D eigenvalue weighted by Gasteiger charge is -2.28. The highest BCUT2D eigenvalue weighted by molar-refractivity contribution is 6.22. The van der Waals surface area contributed by atoms with Crippen molar-refractivity contribution >= 4 is 17.5 Å². The highest BCUT2D eigenvalue weighted by Gasteiger charge is 2.51. The number of anilines is 1. The fraction of sp³-hybridized carbons (Fsp3) is 0.333. The Bertz CT molecular complexity index is 802. The summed E-state index contributed by atoms with van der Waals surface area (Å²) in [5, 5.41) is 0. The molecule has 4 heteroatoms. The molecule has 25 heavy (non-hydrogen) atoms. The van der Waals surface area contributed by atoms with Crippen LogP contribution in [0, 0.1) is 11.8 Å². The molecule has 128 valence electrons. The quantitative estimate of drug-likeness (QED) is 0.802. The van der Waals surface area contributed by atoms with Crippen molar-refractivity contribution < 1.29 is 14.3 Å². The Hall–Kier alpha value is -2.62. The molecular weight excluding hydrogens is 314 g/mol. The molecule has 3 atom stereocenters. The van der Waals surface area contributed by atoms with Gasteiger partial charge < -0.3 is 4.74 Å². The van der Waals surface area contributed by atoms with E-state index in [1.807, 2.05) is 30.3 Å². The Morgan fingerprint density at radius 3 is 2.32 bits per heavy atom. The SMILES string of the molecule is COc1ccccc1N1C(=O)[C@@H]2CC[C@H](c3ccccc3)C[C@H]2C1=O. The molecule has 2 aliphatic rings. The summed E-state index contributed by atoms with van der Waals surface area (Å²) in [5.74, 6) is 0.319. The summed E-state index contributed by atoms with van der Waals surface area (Å²) in [7, 11) is 1.56. The predicted molar refractivity (Wildman–Crippen MR) is 95.5 cm³/mol. The van der Waals surface area contributed by atoms with Crippen molar-refractivity contribution in [2.75, 3.05) is 12.0 Å². The smallest absolute Gasteiger partial charge is 0.237 e. The number of para-hydroxylation sites is 2. The molecule has 2 fully saturated rings. The number of ether oxygens (including phenoxy) is 1. The van der Waals surface area contributed by atoms with Crippen LogP contribution in [0.15, 0.2) is 54.6 Å². The average molecular weight is 335 g/mol. The monoisotopic (exact) mass is 335 g/mol. The first-order chi connectivity index (χ1) is 12.2. The van der Waals surface area contributed by atoms with Crippen molar-refractivity contribution in [2.24, 2.45) is 11.8 Å². The van der Waals surface area contributed by atoms with Crippen LogP contribution in [-0.2, 0) is 9.59 Å². The Morgan fingerprint density at radius 1 is 0.880 bits per heavy atom. The van der Waals surface area contributed by atoms with Gasteiger partial charge in [-0.15, -0.1) is 0 Å². The Labute approximate surface area is 147 Å². The minimum absolute atomic E-state index is 0.0778. The summed E-state index contributed by atoms with van der Waals surface area (Å²) >= 11 is 0. The highest BCUT2D eigenvalue weighted by atomic mass is 16.5. The Kier molecular flexibility index (Phi) is 4.04. The number of benzene rings is 2. The number of carbonyl (C=O) groups excluding carboxylic acids is 2. The number of fused-ring (bicyclic) bond motifs is 1. The third kappa shape index (κ3) is 2.62. The molecule has 0 spiro atoms. The number of rotatable bonds is 3. The van der Waals surface area contributed by atoms with Gasteiger partial charge in [-0.1, -0.05) is 42.5 Å². The molecule has 1 saturated heterocycles. The van der Waals surface area contributed by atoms with Crippen molar-refractivity contribution in [3.05, 3.63) is 60.2 Å². The molecule has 2 aromatic rings. The zero-order valence-corrected chi connectivity index (χ0v) is 14.2. The van der Waals surface area contributed by atoms with E-state index in [1.54, 1.807) is 19.2 Å². The molecule has 2 aromatic carbocycles. The zero-order valence-electron chi connectivity index (χ0n) is 14.2. The maximum Gasteiger partial charge on any atom is 0.237 e. The summed E-state index contributed by atoms with van der Waals surface area (Å²) in [6.45, 7) is 0. The summed E-state index contributed by atoms with van der Waals surface area (Å²) in [6, 6.07) is 17.5. The molecule has 1 saturated carbocycles. The molecule has 0 unspecified atom stereocenters. The molecule has 0 N–H and O–H groups in total. The largest absolute Gasteiger partial charge is 0.495 e. The van der Waals surface area contributed by atoms with Gasteiger partial charge in [-0.2, -0.15) is 0 Å². The second-order valence-corrected chi connectivity index (χ2v) is 6.82. The fourth-order valence-electron chi connectivity index (χ4n) is 4.26. The third-order valence-electron chi connectivity index (χ3n) is 5.52. The van der Waals surface area contributed by atoms with E-state index in [1.165, 1.54) is 10.5 Å². The van der Waals surface area contributed by atoms with Gasteiger partial charge in [0.05, 0.1) is 24.6 Å². The van der Waals surface area contributed by atoms with Crippen molar-refractivity contribution in [2.45, 2.75) is 25.2 Å². The predicted octanol–water partition coefficient (Wildman–Crippen LogP) is 3.77. The van der Waals surface area contributed by atoms with E-state index in [-0.39, 0.29) is 23.7 Å². The lowest BCUT2D eigenvalue weighted by atomic mass is 9.73. The van der Waals surface area contributed by atoms with Crippen molar-refractivity contribution in [1.82, 2.24) is 0 Å². The van der Waals surface area contributed by atoms with Gasteiger partial charge >= 0.3 is 0 Å². The van der Waals surface area contributed by atoms with E-state index in [9.17, 15) is 9.59 Å². The molecule has 1 aliphatic carbocycles. The number of methoxy groups -OCH3 is 1. The van der Waals surface area contributed by atoms with Crippen LogP contribution in [0.5, 0.6) is 5.75 Å². The molecule has 0 radical (unpaired) electrons. The van der Waals surface area contributed by atoms with Crippen LogP contribution >= 0.6 is 0 Å². The van der Waals surface area contributed by atoms with Gasteiger partial charge in [-0.05, 0) is 42.9 Å². The van der Waals surface area contributed by atoms with Gasteiger partial charge in [0.25, 0.3) is 0 Å². The second-order valence-electron chi connectivity index (χ2n) is 6.82. The minimum atomic E-state index is -0.226.